The van der Waals surface area contributed by atoms with Gasteiger partial charge in [-0.25, -0.2) is 0 Å². The molecule has 1 aliphatic rings. The second-order valence-electron chi connectivity index (χ2n) is 7.34. The molecule has 1 saturated heterocycles. The summed E-state index contributed by atoms with van der Waals surface area (Å²) in [5.41, 5.74) is 3.23. The van der Waals surface area contributed by atoms with Gasteiger partial charge in [-0.15, -0.1) is 0 Å². The lowest BCUT2D eigenvalue weighted by Crippen LogP contribution is -2.43. The molecule has 146 valence electrons. The van der Waals surface area contributed by atoms with Crippen LogP contribution in [0, 0.1) is 11.3 Å². The van der Waals surface area contributed by atoms with E-state index in [0.29, 0.717) is 11.3 Å². The highest BCUT2D eigenvalue weighted by Crippen LogP contribution is 2.31. The van der Waals surface area contributed by atoms with Gasteiger partial charge in [0, 0.05) is 36.3 Å². The number of benzene rings is 2. The molecule has 1 amide bonds. The molecule has 0 spiro atoms. The van der Waals surface area contributed by atoms with Crippen molar-refractivity contribution < 1.29 is 9.53 Å². The number of amides is 1. The van der Waals surface area contributed by atoms with Crippen LogP contribution in [0.1, 0.15) is 31.7 Å². The number of fused-ring (bicyclic) bond motifs is 1. The summed E-state index contributed by atoms with van der Waals surface area (Å²) in [6, 6.07) is 17.4. The Kier molecular flexibility index (Phi) is 5.44. The molecule has 1 atom stereocenters. The normalized spacial score (nSPS) is 15.0. The number of ether oxygens (including phenoxy) is 1. The van der Waals surface area contributed by atoms with Crippen LogP contribution in [0.5, 0.6) is 5.75 Å². The summed E-state index contributed by atoms with van der Waals surface area (Å²) >= 11 is 0. The van der Waals surface area contributed by atoms with E-state index in [9.17, 15) is 10.1 Å². The molecule has 1 unspecified atom stereocenters. The van der Waals surface area contributed by atoms with Gasteiger partial charge in [-0.2, -0.15) is 5.26 Å². The average Bonchev–Trinajstić information content (AvgIpc) is 2.78. The summed E-state index contributed by atoms with van der Waals surface area (Å²) in [6.07, 6.45) is 4.51. The maximum absolute atomic E-state index is 12.6. The quantitative estimate of drug-likeness (QED) is 0.661. The van der Waals surface area contributed by atoms with Crippen molar-refractivity contribution in [3.63, 3.8) is 0 Å². The molecule has 29 heavy (non-hydrogen) atoms. The fourth-order valence-electron chi connectivity index (χ4n) is 3.88. The number of nitrogens with zero attached hydrogens (tertiary/aromatic N) is 3. The standard InChI is InChI=1S/C24H23N3O2/c1-17(24(28)27-13-5-2-6-14-27)29-19-9-10-22-21(11-12-26-23(22)15-19)20-8-4-3-7-18(20)16-25/h3-4,7-12,15,17H,2,5-6,13-14H2,1H3. The Hall–Kier alpha value is -3.39. The van der Waals surface area contributed by atoms with E-state index in [4.69, 9.17) is 4.74 Å². The van der Waals surface area contributed by atoms with E-state index < -0.39 is 6.10 Å². The van der Waals surface area contributed by atoms with Crippen molar-refractivity contribution in [3.8, 4) is 22.9 Å². The van der Waals surface area contributed by atoms with Crippen molar-refractivity contribution >= 4 is 16.8 Å². The van der Waals surface area contributed by atoms with Crippen LogP contribution >= 0.6 is 0 Å². The number of carbonyl (C=O) groups excluding carboxylic acids is 1. The van der Waals surface area contributed by atoms with Crippen LogP contribution in [0.4, 0.5) is 0 Å². The highest BCUT2D eigenvalue weighted by Gasteiger charge is 2.23. The van der Waals surface area contributed by atoms with Crippen molar-refractivity contribution in [2.45, 2.75) is 32.3 Å². The van der Waals surface area contributed by atoms with Crippen molar-refractivity contribution in [3.05, 3.63) is 60.3 Å². The number of pyridine rings is 1. The highest BCUT2D eigenvalue weighted by molar-refractivity contribution is 5.96. The minimum absolute atomic E-state index is 0.0365. The van der Waals surface area contributed by atoms with E-state index in [-0.39, 0.29) is 5.91 Å². The van der Waals surface area contributed by atoms with E-state index >= 15 is 0 Å². The summed E-state index contributed by atoms with van der Waals surface area (Å²) in [5.74, 6) is 0.656. The zero-order chi connectivity index (χ0) is 20.2. The van der Waals surface area contributed by atoms with Gasteiger partial charge in [0.05, 0.1) is 17.1 Å². The Bertz CT molecular complexity index is 1080. The summed E-state index contributed by atoms with van der Waals surface area (Å²) in [6.45, 7) is 3.43. The summed E-state index contributed by atoms with van der Waals surface area (Å²) in [5, 5.41) is 10.4. The molecule has 1 aromatic heterocycles. The van der Waals surface area contributed by atoms with Gasteiger partial charge in [-0.1, -0.05) is 18.2 Å². The first-order valence-electron chi connectivity index (χ1n) is 10.0. The number of carbonyl (C=O) groups is 1. The van der Waals surface area contributed by atoms with Crippen molar-refractivity contribution in [1.29, 1.82) is 5.26 Å². The first kappa shape index (κ1) is 18.9. The molecule has 0 N–H and O–H groups in total. The number of piperidine rings is 1. The molecule has 0 saturated carbocycles. The van der Waals surface area contributed by atoms with Crippen LogP contribution in [-0.4, -0.2) is 35.0 Å². The lowest BCUT2D eigenvalue weighted by Gasteiger charge is -2.29. The van der Waals surface area contributed by atoms with Crippen LogP contribution < -0.4 is 4.74 Å². The Morgan fingerprint density at radius 2 is 1.90 bits per heavy atom. The van der Waals surface area contributed by atoms with E-state index in [2.05, 4.69) is 11.1 Å². The van der Waals surface area contributed by atoms with E-state index in [1.807, 2.05) is 53.4 Å². The van der Waals surface area contributed by atoms with Crippen LogP contribution in [0.15, 0.2) is 54.7 Å². The number of hydrogen-bond donors (Lipinski definition) is 0. The minimum Gasteiger partial charge on any atom is -0.481 e. The SMILES string of the molecule is CC(Oc1ccc2c(-c3ccccc3C#N)ccnc2c1)C(=O)N1CCCCC1. The largest absolute Gasteiger partial charge is 0.481 e. The Morgan fingerprint density at radius 1 is 1.10 bits per heavy atom. The van der Waals surface area contributed by atoms with Crippen LogP contribution in [0.3, 0.4) is 0 Å². The monoisotopic (exact) mass is 385 g/mol. The number of hydrogen-bond acceptors (Lipinski definition) is 4. The topological polar surface area (TPSA) is 66.2 Å². The molecule has 1 aliphatic heterocycles. The van der Waals surface area contributed by atoms with Crippen molar-refractivity contribution in [1.82, 2.24) is 9.88 Å². The maximum Gasteiger partial charge on any atom is 0.263 e. The van der Waals surface area contributed by atoms with E-state index in [1.165, 1.54) is 6.42 Å². The zero-order valence-corrected chi connectivity index (χ0v) is 16.5. The summed E-state index contributed by atoms with van der Waals surface area (Å²) < 4.78 is 5.94. The number of rotatable bonds is 4. The number of likely N-dealkylation sites (tertiary alicyclic amines) is 1. The van der Waals surface area contributed by atoms with Gasteiger partial charge in [0.15, 0.2) is 6.10 Å². The molecule has 1 fully saturated rings. The second kappa shape index (κ2) is 8.32. The Balaban J connectivity index is 1.60. The van der Waals surface area contributed by atoms with Crippen LogP contribution in [0.2, 0.25) is 0 Å². The first-order chi connectivity index (χ1) is 14.2. The van der Waals surface area contributed by atoms with Gasteiger partial charge in [-0.3, -0.25) is 9.78 Å². The second-order valence-corrected chi connectivity index (χ2v) is 7.34. The predicted octanol–water partition coefficient (Wildman–Crippen LogP) is 4.55. The third-order valence-electron chi connectivity index (χ3n) is 5.38. The number of aromatic nitrogens is 1. The third kappa shape index (κ3) is 3.93. The lowest BCUT2D eigenvalue weighted by atomic mass is 9.97. The molecule has 2 aromatic carbocycles. The highest BCUT2D eigenvalue weighted by atomic mass is 16.5. The van der Waals surface area contributed by atoms with E-state index in [0.717, 1.165) is 48.0 Å². The van der Waals surface area contributed by atoms with Gasteiger partial charge >= 0.3 is 0 Å². The number of nitriles is 1. The molecule has 0 bridgehead atoms. The fraction of sp³-hybridized carbons (Fsp3) is 0.292. The molecule has 0 aliphatic carbocycles. The van der Waals surface area contributed by atoms with Crippen LogP contribution in [0.25, 0.3) is 22.0 Å². The molecule has 2 heterocycles. The van der Waals surface area contributed by atoms with Gasteiger partial charge in [-0.05, 0) is 56.0 Å². The molecular weight excluding hydrogens is 362 g/mol. The van der Waals surface area contributed by atoms with E-state index in [1.54, 1.807) is 13.1 Å². The van der Waals surface area contributed by atoms with Gasteiger partial charge in [0.25, 0.3) is 5.91 Å². The smallest absolute Gasteiger partial charge is 0.263 e. The zero-order valence-electron chi connectivity index (χ0n) is 16.5. The average molecular weight is 385 g/mol. The molecule has 4 rings (SSSR count). The molecule has 3 aromatic rings. The van der Waals surface area contributed by atoms with Gasteiger partial charge in [0.1, 0.15) is 5.75 Å². The molecule has 0 radical (unpaired) electrons. The summed E-state index contributed by atoms with van der Waals surface area (Å²) in [4.78, 5) is 19.0. The molecular formula is C24H23N3O2. The fourth-order valence-corrected chi connectivity index (χ4v) is 3.88. The first-order valence-corrected chi connectivity index (χ1v) is 10.0. The third-order valence-corrected chi connectivity index (χ3v) is 5.38. The Labute approximate surface area is 170 Å². The minimum atomic E-state index is -0.534. The summed E-state index contributed by atoms with van der Waals surface area (Å²) in [7, 11) is 0. The predicted molar refractivity (Wildman–Crippen MR) is 112 cm³/mol. The van der Waals surface area contributed by atoms with Gasteiger partial charge in [0.2, 0.25) is 0 Å². The lowest BCUT2D eigenvalue weighted by molar-refractivity contribution is -0.138. The van der Waals surface area contributed by atoms with Crippen molar-refractivity contribution in [2.24, 2.45) is 0 Å². The molecule has 5 heteroatoms. The van der Waals surface area contributed by atoms with Gasteiger partial charge < -0.3 is 9.64 Å². The maximum atomic E-state index is 12.6. The van der Waals surface area contributed by atoms with Crippen LogP contribution in [-0.2, 0) is 4.79 Å². The Morgan fingerprint density at radius 3 is 2.69 bits per heavy atom. The molecule has 5 nitrogen and oxygen atoms in total. The van der Waals surface area contributed by atoms with Crippen molar-refractivity contribution in [2.75, 3.05) is 13.1 Å².